The average molecular weight is 667 g/mol. The van der Waals surface area contributed by atoms with E-state index < -0.39 is 28.5 Å². The first kappa shape index (κ1) is 34.0. The predicted molar refractivity (Wildman–Crippen MR) is 181 cm³/mol. The van der Waals surface area contributed by atoms with E-state index in [1.165, 1.54) is 17.0 Å². The van der Waals surface area contributed by atoms with Gasteiger partial charge < -0.3 is 10.2 Å². The van der Waals surface area contributed by atoms with Crippen LogP contribution in [0, 0.1) is 13.8 Å². The molecular formula is C35H37Cl2N3O4S. The molecule has 1 N–H and O–H groups in total. The average Bonchev–Trinajstić information content (AvgIpc) is 3.03. The Labute approximate surface area is 275 Å². The van der Waals surface area contributed by atoms with Gasteiger partial charge in [0.05, 0.1) is 10.6 Å². The predicted octanol–water partition coefficient (Wildman–Crippen LogP) is 6.97. The second kappa shape index (κ2) is 15.4. The molecule has 1 atom stereocenters. The third kappa shape index (κ3) is 8.45. The van der Waals surface area contributed by atoms with Crippen molar-refractivity contribution in [2.45, 2.75) is 51.1 Å². The zero-order valence-corrected chi connectivity index (χ0v) is 27.9. The molecule has 45 heavy (non-hydrogen) atoms. The van der Waals surface area contributed by atoms with Crippen LogP contribution in [-0.2, 0) is 32.6 Å². The zero-order valence-electron chi connectivity index (χ0n) is 25.5. The SMILES string of the molecule is CCCNC(=O)[C@@H](Cc1ccccc1)N(Cc1c(Cl)cccc1Cl)C(=O)CN(c1ccc(C)c(C)c1)S(=O)(=O)c1ccccc1. The molecule has 0 heterocycles. The smallest absolute Gasteiger partial charge is 0.264 e. The van der Waals surface area contributed by atoms with Crippen LogP contribution in [0.15, 0.2) is 102 Å². The van der Waals surface area contributed by atoms with Crippen LogP contribution in [0.2, 0.25) is 10.0 Å². The lowest BCUT2D eigenvalue weighted by Gasteiger charge is -2.34. The Kier molecular flexibility index (Phi) is 11.7. The molecule has 0 saturated heterocycles. The molecule has 7 nitrogen and oxygen atoms in total. The van der Waals surface area contributed by atoms with E-state index in [4.69, 9.17) is 23.2 Å². The van der Waals surface area contributed by atoms with E-state index in [0.717, 1.165) is 21.0 Å². The Morgan fingerprint density at radius 1 is 0.822 bits per heavy atom. The van der Waals surface area contributed by atoms with Gasteiger partial charge in [-0.1, -0.05) is 90.8 Å². The fraction of sp³-hybridized carbons (Fsp3) is 0.257. The molecule has 2 amide bonds. The van der Waals surface area contributed by atoms with Crippen LogP contribution in [-0.4, -0.2) is 44.3 Å². The van der Waals surface area contributed by atoms with Gasteiger partial charge in [-0.2, -0.15) is 0 Å². The van der Waals surface area contributed by atoms with E-state index in [0.29, 0.717) is 34.3 Å². The summed E-state index contributed by atoms with van der Waals surface area (Å²) in [4.78, 5) is 29.7. The van der Waals surface area contributed by atoms with E-state index in [-0.39, 0.29) is 23.8 Å². The minimum atomic E-state index is -4.19. The topological polar surface area (TPSA) is 86.8 Å². The Morgan fingerprint density at radius 3 is 2.04 bits per heavy atom. The summed E-state index contributed by atoms with van der Waals surface area (Å²) in [5.74, 6) is -0.947. The summed E-state index contributed by atoms with van der Waals surface area (Å²) in [6.07, 6.45) is 0.892. The summed E-state index contributed by atoms with van der Waals surface area (Å²) in [6, 6.07) is 26.6. The Morgan fingerprint density at radius 2 is 1.44 bits per heavy atom. The van der Waals surface area contributed by atoms with Crippen LogP contribution in [0.1, 0.15) is 35.6 Å². The highest BCUT2D eigenvalue weighted by molar-refractivity contribution is 7.92. The van der Waals surface area contributed by atoms with Crippen molar-refractivity contribution in [3.8, 4) is 0 Å². The molecule has 0 radical (unpaired) electrons. The molecule has 4 aromatic rings. The van der Waals surface area contributed by atoms with Crippen molar-refractivity contribution in [3.63, 3.8) is 0 Å². The quantitative estimate of drug-likeness (QED) is 0.167. The van der Waals surface area contributed by atoms with E-state index in [1.54, 1.807) is 48.5 Å². The number of hydrogen-bond acceptors (Lipinski definition) is 4. The van der Waals surface area contributed by atoms with Crippen molar-refractivity contribution in [2.75, 3.05) is 17.4 Å². The van der Waals surface area contributed by atoms with Gasteiger partial charge in [0, 0.05) is 35.1 Å². The highest BCUT2D eigenvalue weighted by Crippen LogP contribution is 2.29. The molecule has 0 spiro atoms. The largest absolute Gasteiger partial charge is 0.354 e. The standard InChI is InChI=1S/C35H37Cl2N3O4S/c1-4-20-38-35(42)33(22-27-12-7-5-8-13-27)39(23-30-31(36)16-11-17-32(30)37)34(41)24-40(28-19-18-25(2)26(3)21-28)45(43,44)29-14-9-6-10-15-29/h5-19,21,33H,4,20,22-24H2,1-3H3,(H,38,42)/t33-/m1/s1. The summed E-state index contributed by atoms with van der Waals surface area (Å²) in [5, 5.41) is 3.59. The molecule has 0 aromatic heterocycles. The fourth-order valence-corrected chi connectivity index (χ4v) is 6.85. The second-order valence-corrected chi connectivity index (χ2v) is 13.5. The van der Waals surface area contributed by atoms with Crippen LogP contribution >= 0.6 is 23.2 Å². The van der Waals surface area contributed by atoms with Crippen molar-refractivity contribution < 1.29 is 18.0 Å². The third-order valence-electron chi connectivity index (χ3n) is 7.60. The number of carbonyl (C=O) groups is 2. The molecule has 0 saturated carbocycles. The van der Waals surface area contributed by atoms with Crippen molar-refractivity contribution in [1.29, 1.82) is 0 Å². The van der Waals surface area contributed by atoms with Crippen molar-refractivity contribution in [3.05, 3.63) is 129 Å². The highest BCUT2D eigenvalue weighted by Gasteiger charge is 2.35. The summed E-state index contributed by atoms with van der Waals surface area (Å²) in [5.41, 5.74) is 3.47. The van der Waals surface area contributed by atoms with E-state index in [2.05, 4.69) is 5.32 Å². The number of nitrogens with zero attached hydrogens (tertiary/aromatic N) is 2. The lowest BCUT2D eigenvalue weighted by molar-refractivity contribution is -0.140. The van der Waals surface area contributed by atoms with Crippen LogP contribution in [0.25, 0.3) is 0 Å². The lowest BCUT2D eigenvalue weighted by atomic mass is 10.0. The Bertz CT molecular complexity index is 1710. The Hall–Kier alpha value is -3.85. The molecule has 4 rings (SSSR count). The molecule has 10 heteroatoms. The third-order valence-corrected chi connectivity index (χ3v) is 10.1. The first-order valence-corrected chi connectivity index (χ1v) is 16.9. The second-order valence-electron chi connectivity index (χ2n) is 10.8. The lowest BCUT2D eigenvalue weighted by Crippen LogP contribution is -2.53. The van der Waals surface area contributed by atoms with Crippen LogP contribution < -0.4 is 9.62 Å². The Balaban J connectivity index is 1.84. The number of amides is 2. The number of rotatable bonds is 13. The zero-order chi connectivity index (χ0) is 32.6. The first-order chi connectivity index (χ1) is 21.5. The number of aryl methyl sites for hydroxylation is 2. The van der Waals surface area contributed by atoms with Crippen LogP contribution in [0.3, 0.4) is 0 Å². The number of benzene rings is 4. The fourth-order valence-electron chi connectivity index (χ4n) is 4.90. The first-order valence-electron chi connectivity index (χ1n) is 14.7. The van der Waals surface area contributed by atoms with E-state index in [1.807, 2.05) is 57.2 Å². The molecule has 4 aromatic carbocycles. The van der Waals surface area contributed by atoms with Gasteiger partial charge in [-0.3, -0.25) is 13.9 Å². The van der Waals surface area contributed by atoms with E-state index in [9.17, 15) is 18.0 Å². The number of sulfonamides is 1. The maximum atomic E-state index is 14.5. The minimum absolute atomic E-state index is 0.0400. The van der Waals surface area contributed by atoms with Gasteiger partial charge >= 0.3 is 0 Å². The van der Waals surface area contributed by atoms with E-state index >= 15 is 0 Å². The van der Waals surface area contributed by atoms with Crippen molar-refractivity contribution in [2.24, 2.45) is 0 Å². The molecule has 0 aliphatic heterocycles. The van der Waals surface area contributed by atoms with Gasteiger partial charge in [0.2, 0.25) is 11.8 Å². The van der Waals surface area contributed by atoms with Crippen LogP contribution in [0.5, 0.6) is 0 Å². The highest BCUT2D eigenvalue weighted by atomic mass is 35.5. The molecule has 0 bridgehead atoms. The number of anilines is 1. The molecule has 0 aliphatic rings. The van der Waals surface area contributed by atoms with Gasteiger partial charge in [-0.25, -0.2) is 8.42 Å². The van der Waals surface area contributed by atoms with Gasteiger partial charge in [0.25, 0.3) is 10.0 Å². The maximum absolute atomic E-state index is 14.5. The summed E-state index contributed by atoms with van der Waals surface area (Å²) >= 11 is 13.1. The molecular weight excluding hydrogens is 629 g/mol. The monoisotopic (exact) mass is 665 g/mol. The number of nitrogens with one attached hydrogen (secondary N) is 1. The summed E-state index contributed by atoms with van der Waals surface area (Å²) in [6.45, 7) is 5.49. The van der Waals surface area contributed by atoms with Gasteiger partial charge in [-0.05, 0) is 73.4 Å². The minimum Gasteiger partial charge on any atom is -0.354 e. The number of carbonyl (C=O) groups excluding carboxylic acids is 2. The molecule has 236 valence electrons. The van der Waals surface area contributed by atoms with Gasteiger partial charge in [-0.15, -0.1) is 0 Å². The summed E-state index contributed by atoms with van der Waals surface area (Å²) < 4.78 is 29.3. The maximum Gasteiger partial charge on any atom is 0.264 e. The van der Waals surface area contributed by atoms with Crippen molar-refractivity contribution >= 4 is 50.7 Å². The van der Waals surface area contributed by atoms with Crippen molar-refractivity contribution in [1.82, 2.24) is 10.2 Å². The molecule has 0 aliphatic carbocycles. The van der Waals surface area contributed by atoms with Gasteiger partial charge in [0.15, 0.2) is 0 Å². The summed E-state index contributed by atoms with van der Waals surface area (Å²) in [7, 11) is -4.19. The number of hydrogen-bond donors (Lipinski definition) is 1. The van der Waals surface area contributed by atoms with Crippen LogP contribution in [0.4, 0.5) is 5.69 Å². The normalized spacial score (nSPS) is 11.9. The number of halogens is 2. The van der Waals surface area contributed by atoms with Gasteiger partial charge in [0.1, 0.15) is 12.6 Å². The molecule has 0 fully saturated rings. The molecule has 0 unspecified atom stereocenters.